The highest BCUT2D eigenvalue weighted by Gasteiger charge is 2.31. The monoisotopic (exact) mass is 272 g/mol. The number of hydrogen-bond acceptors (Lipinski definition) is 3. The summed E-state index contributed by atoms with van der Waals surface area (Å²) in [5, 5.41) is 5.97. The molecule has 3 heteroatoms. The van der Waals surface area contributed by atoms with Crippen molar-refractivity contribution in [2.24, 2.45) is 0 Å². The third-order valence-electron chi connectivity index (χ3n) is 3.65. The first-order valence-electron chi connectivity index (χ1n) is 7.30. The standard InChI is InChI=1S/C17H24N2O/c1-5-19-16(17(3,4)20-6-2)14-9-7-8-13-10-11-18-12-15(13)14/h7-12,16,19H,5-6H2,1-4H3. The minimum Gasteiger partial charge on any atom is -0.374 e. The van der Waals surface area contributed by atoms with Crippen LogP contribution in [0.15, 0.2) is 36.7 Å². The van der Waals surface area contributed by atoms with E-state index in [-0.39, 0.29) is 11.6 Å². The molecule has 20 heavy (non-hydrogen) atoms. The lowest BCUT2D eigenvalue weighted by Gasteiger charge is -2.35. The van der Waals surface area contributed by atoms with Gasteiger partial charge in [0.2, 0.25) is 0 Å². The van der Waals surface area contributed by atoms with E-state index in [4.69, 9.17) is 4.74 Å². The van der Waals surface area contributed by atoms with Crippen LogP contribution in [-0.2, 0) is 4.74 Å². The molecule has 0 aliphatic carbocycles. The van der Waals surface area contributed by atoms with Gasteiger partial charge in [0.15, 0.2) is 0 Å². The summed E-state index contributed by atoms with van der Waals surface area (Å²) in [5.41, 5.74) is 0.977. The van der Waals surface area contributed by atoms with Crippen LogP contribution in [0.1, 0.15) is 39.3 Å². The minimum atomic E-state index is -0.269. The van der Waals surface area contributed by atoms with Crippen LogP contribution < -0.4 is 5.32 Å². The fourth-order valence-electron chi connectivity index (χ4n) is 2.78. The van der Waals surface area contributed by atoms with Gasteiger partial charge in [0.1, 0.15) is 0 Å². The summed E-state index contributed by atoms with van der Waals surface area (Å²) in [6.07, 6.45) is 3.78. The highest BCUT2D eigenvalue weighted by molar-refractivity contribution is 5.85. The van der Waals surface area contributed by atoms with Gasteiger partial charge in [-0.1, -0.05) is 25.1 Å². The first-order chi connectivity index (χ1) is 9.60. The number of hydrogen-bond donors (Lipinski definition) is 1. The summed E-state index contributed by atoms with van der Waals surface area (Å²) < 4.78 is 5.96. The summed E-state index contributed by atoms with van der Waals surface area (Å²) in [6.45, 7) is 10.0. The molecule has 1 aromatic carbocycles. The second kappa shape index (κ2) is 6.33. The SMILES string of the molecule is CCNC(c1cccc2ccncc12)C(C)(C)OCC. The quantitative estimate of drug-likeness (QED) is 0.870. The molecule has 3 nitrogen and oxygen atoms in total. The molecule has 108 valence electrons. The summed E-state index contributed by atoms with van der Waals surface area (Å²) >= 11 is 0. The second-order valence-electron chi connectivity index (χ2n) is 5.47. The number of nitrogens with one attached hydrogen (secondary N) is 1. The molecule has 0 saturated carbocycles. The number of rotatable bonds is 6. The van der Waals surface area contributed by atoms with E-state index in [0.29, 0.717) is 6.61 Å². The number of likely N-dealkylation sites (N-methyl/N-ethyl adjacent to an activating group) is 1. The molecule has 0 radical (unpaired) electrons. The van der Waals surface area contributed by atoms with E-state index in [1.165, 1.54) is 16.3 Å². The van der Waals surface area contributed by atoms with Crippen LogP contribution in [0.2, 0.25) is 0 Å². The van der Waals surface area contributed by atoms with Crippen molar-refractivity contribution in [3.05, 3.63) is 42.2 Å². The minimum absolute atomic E-state index is 0.139. The van der Waals surface area contributed by atoms with Gasteiger partial charge < -0.3 is 10.1 Å². The third-order valence-corrected chi connectivity index (χ3v) is 3.65. The van der Waals surface area contributed by atoms with Gasteiger partial charge in [-0.05, 0) is 44.3 Å². The van der Waals surface area contributed by atoms with Crippen LogP contribution >= 0.6 is 0 Å². The molecular formula is C17H24N2O. The Morgan fingerprint density at radius 1 is 1.25 bits per heavy atom. The van der Waals surface area contributed by atoms with Gasteiger partial charge in [-0.25, -0.2) is 0 Å². The Morgan fingerprint density at radius 2 is 2.05 bits per heavy atom. The third kappa shape index (κ3) is 3.00. The molecule has 0 saturated heterocycles. The number of pyridine rings is 1. The van der Waals surface area contributed by atoms with Gasteiger partial charge in [-0.15, -0.1) is 0 Å². The van der Waals surface area contributed by atoms with Gasteiger partial charge in [0.25, 0.3) is 0 Å². The molecule has 1 aromatic heterocycles. The zero-order chi connectivity index (χ0) is 14.6. The number of ether oxygens (including phenoxy) is 1. The number of benzene rings is 1. The zero-order valence-corrected chi connectivity index (χ0v) is 12.8. The van der Waals surface area contributed by atoms with Gasteiger partial charge in [0.05, 0.1) is 11.6 Å². The predicted octanol–water partition coefficient (Wildman–Crippen LogP) is 3.70. The fourth-order valence-corrected chi connectivity index (χ4v) is 2.78. The van der Waals surface area contributed by atoms with Crippen molar-refractivity contribution in [1.82, 2.24) is 10.3 Å². The van der Waals surface area contributed by atoms with Crippen molar-refractivity contribution in [3.63, 3.8) is 0 Å². The molecule has 1 unspecified atom stereocenters. The van der Waals surface area contributed by atoms with Gasteiger partial charge >= 0.3 is 0 Å². The Hall–Kier alpha value is -1.45. The van der Waals surface area contributed by atoms with Crippen molar-refractivity contribution >= 4 is 10.8 Å². The molecule has 0 aliphatic rings. The number of fused-ring (bicyclic) bond motifs is 1. The van der Waals surface area contributed by atoms with E-state index in [0.717, 1.165) is 6.54 Å². The van der Waals surface area contributed by atoms with Crippen LogP contribution in [0.25, 0.3) is 10.8 Å². The Labute approximate surface area is 121 Å². The molecule has 0 bridgehead atoms. The molecule has 1 heterocycles. The van der Waals surface area contributed by atoms with E-state index in [1.807, 2.05) is 19.3 Å². The van der Waals surface area contributed by atoms with Crippen molar-refractivity contribution in [1.29, 1.82) is 0 Å². The molecule has 1 N–H and O–H groups in total. The van der Waals surface area contributed by atoms with Crippen molar-refractivity contribution in [2.45, 2.75) is 39.3 Å². The van der Waals surface area contributed by atoms with Crippen molar-refractivity contribution in [3.8, 4) is 0 Å². The van der Waals surface area contributed by atoms with Crippen LogP contribution in [0.3, 0.4) is 0 Å². The Morgan fingerprint density at radius 3 is 2.75 bits per heavy atom. The van der Waals surface area contributed by atoms with E-state index < -0.39 is 0 Å². The molecule has 2 rings (SSSR count). The van der Waals surface area contributed by atoms with Gasteiger partial charge in [-0.2, -0.15) is 0 Å². The molecule has 0 fully saturated rings. The average Bonchev–Trinajstić information content (AvgIpc) is 2.44. The molecule has 0 aliphatic heterocycles. The summed E-state index contributed by atoms with van der Waals surface area (Å²) in [6, 6.07) is 8.58. The molecule has 2 aromatic rings. The lowest BCUT2D eigenvalue weighted by Crippen LogP contribution is -2.41. The predicted molar refractivity (Wildman–Crippen MR) is 83.9 cm³/mol. The Balaban J connectivity index is 2.52. The topological polar surface area (TPSA) is 34.2 Å². The fraction of sp³-hybridized carbons (Fsp3) is 0.471. The first kappa shape index (κ1) is 14.9. The van der Waals surface area contributed by atoms with Crippen molar-refractivity contribution < 1.29 is 4.74 Å². The summed E-state index contributed by atoms with van der Waals surface area (Å²) in [7, 11) is 0. The molecular weight excluding hydrogens is 248 g/mol. The molecule has 0 spiro atoms. The molecule has 0 amide bonds. The van der Waals surface area contributed by atoms with E-state index in [2.05, 4.69) is 55.3 Å². The summed E-state index contributed by atoms with van der Waals surface area (Å²) in [5.74, 6) is 0. The van der Waals surface area contributed by atoms with Gasteiger partial charge in [-0.3, -0.25) is 4.98 Å². The van der Waals surface area contributed by atoms with Crippen LogP contribution in [-0.4, -0.2) is 23.7 Å². The van der Waals surface area contributed by atoms with Crippen LogP contribution in [0, 0.1) is 0 Å². The first-order valence-corrected chi connectivity index (χ1v) is 7.30. The second-order valence-corrected chi connectivity index (χ2v) is 5.47. The van der Waals surface area contributed by atoms with E-state index in [9.17, 15) is 0 Å². The highest BCUT2D eigenvalue weighted by Crippen LogP contribution is 2.33. The Kier molecular flexibility index (Phi) is 4.73. The van der Waals surface area contributed by atoms with E-state index in [1.54, 1.807) is 0 Å². The summed E-state index contributed by atoms with van der Waals surface area (Å²) in [4.78, 5) is 4.28. The van der Waals surface area contributed by atoms with E-state index >= 15 is 0 Å². The number of aromatic nitrogens is 1. The maximum absolute atomic E-state index is 5.96. The Bertz CT molecular complexity index is 560. The maximum Gasteiger partial charge on any atom is 0.0820 e. The van der Waals surface area contributed by atoms with Crippen molar-refractivity contribution in [2.75, 3.05) is 13.2 Å². The van der Waals surface area contributed by atoms with Gasteiger partial charge in [0, 0.05) is 24.4 Å². The lowest BCUT2D eigenvalue weighted by molar-refractivity contribution is -0.0385. The number of nitrogens with zero attached hydrogens (tertiary/aromatic N) is 1. The maximum atomic E-state index is 5.96. The average molecular weight is 272 g/mol. The smallest absolute Gasteiger partial charge is 0.0820 e. The lowest BCUT2D eigenvalue weighted by atomic mass is 9.88. The van der Waals surface area contributed by atoms with Crippen LogP contribution in [0.4, 0.5) is 0 Å². The van der Waals surface area contributed by atoms with Crippen LogP contribution in [0.5, 0.6) is 0 Å². The zero-order valence-electron chi connectivity index (χ0n) is 12.8. The highest BCUT2D eigenvalue weighted by atomic mass is 16.5. The largest absolute Gasteiger partial charge is 0.374 e. The molecule has 1 atom stereocenters. The normalized spacial score (nSPS) is 13.6.